The third-order valence-electron chi connectivity index (χ3n) is 5.64. The first-order chi connectivity index (χ1) is 14.1. The molecule has 0 atom stereocenters. The van der Waals surface area contributed by atoms with E-state index in [1.807, 2.05) is 24.4 Å². The van der Waals surface area contributed by atoms with Crippen LogP contribution >= 0.6 is 11.6 Å². The average Bonchev–Trinajstić information content (AvgIpc) is 3.16. The lowest BCUT2D eigenvalue weighted by molar-refractivity contribution is 0.104. The van der Waals surface area contributed by atoms with Crippen LogP contribution in [-0.2, 0) is 13.0 Å². The van der Waals surface area contributed by atoms with E-state index < -0.39 is 0 Å². The number of ketones is 1. The van der Waals surface area contributed by atoms with E-state index in [4.69, 9.17) is 11.6 Å². The number of nitrogens with zero attached hydrogens (tertiary/aromatic N) is 2. The van der Waals surface area contributed by atoms with Crippen molar-refractivity contribution in [3.05, 3.63) is 88.2 Å². The lowest BCUT2D eigenvalue weighted by Gasteiger charge is -2.25. The van der Waals surface area contributed by atoms with Crippen LogP contribution in [0, 0.1) is 0 Å². The summed E-state index contributed by atoms with van der Waals surface area (Å²) in [6, 6.07) is 15.8. The van der Waals surface area contributed by atoms with Gasteiger partial charge in [0.05, 0.1) is 5.02 Å². The molecule has 0 bridgehead atoms. The van der Waals surface area contributed by atoms with Gasteiger partial charge in [-0.2, -0.15) is 0 Å². The van der Waals surface area contributed by atoms with Crippen molar-refractivity contribution in [3.63, 3.8) is 0 Å². The number of halogens is 1. The molecule has 0 fully saturated rings. The highest BCUT2D eigenvalue weighted by atomic mass is 35.5. The summed E-state index contributed by atoms with van der Waals surface area (Å²) >= 11 is 6.24. The summed E-state index contributed by atoms with van der Waals surface area (Å²) in [7, 11) is 2.15. The molecular weight excluding hydrogens is 382 g/mol. The molecule has 1 aliphatic rings. The van der Waals surface area contributed by atoms with E-state index in [1.165, 1.54) is 11.1 Å². The van der Waals surface area contributed by atoms with Crippen LogP contribution in [-0.4, -0.2) is 34.2 Å². The molecule has 4 aromatic rings. The zero-order chi connectivity index (χ0) is 20.0. The normalized spacial score (nSPS) is 14.1. The van der Waals surface area contributed by atoms with Gasteiger partial charge >= 0.3 is 0 Å². The van der Waals surface area contributed by atoms with Gasteiger partial charge in [-0.3, -0.25) is 4.79 Å². The van der Waals surface area contributed by atoms with Crippen LogP contribution in [0.3, 0.4) is 0 Å². The largest absolute Gasteiger partial charge is 0.345 e. The van der Waals surface area contributed by atoms with Crippen LogP contribution in [0.25, 0.3) is 22.2 Å². The molecule has 29 heavy (non-hydrogen) atoms. The summed E-state index contributed by atoms with van der Waals surface area (Å²) in [6.07, 6.45) is 4.63. The molecule has 0 spiro atoms. The molecule has 0 aliphatic carbocycles. The maximum atomic E-state index is 13.1. The van der Waals surface area contributed by atoms with E-state index in [1.54, 1.807) is 18.3 Å². The van der Waals surface area contributed by atoms with Gasteiger partial charge in [-0.1, -0.05) is 41.9 Å². The lowest BCUT2D eigenvalue weighted by Crippen LogP contribution is -2.26. The predicted molar refractivity (Wildman–Crippen MR) is 116 cm³/mol. The molecule has 0 radical (unpaired) electrons. The highest BCUT2D eigenvalue weighted by Gasteiger charge is 2.18. The molecule has 144 valence electrons. The first-order valence-electron chi connectivity index (χ1n) is 9.67. The summed E-state index contributed by atoms with van der Waals surface area (Å²) in [5, 5.41) is 1.26. The van der Waals surface area contributed by atoms with Crippen LogP contribution in [0.1, 0.15) is 27.0 Å². The van der Waals surface area contributed by atoms with Crippen LogP contribution in [0.2, 0.25) is 5.02 Å². The maximum absolute atomic E-state index is 13.1. The SMILES string of the molecule is CN1CCc2cc(-c3cnc4[nH]cc(C(=O)c5ccccc5Cl)c4c3)ccc2C1. The Kier molecular flexibility index (Phi) is 4.46. The second-order valence-corrected chi connectivity index (χ2v) is 8.01. The van der Waals surface area contributed by atoms with E-state index in [9.17, 15) is 4.79 Å². The number of carbonyl (C=O) groups is 1. The fourth-order valence-corrected chi connectivity index (χ4v) is 4.23. The van der Waals surface area contributed by atoms with Crippen molar-refractivity contribution in [3.8, 4) is 11.1 Å². The number of hydrogen-bond acceptors (Lipinski definition) is 3. The van der Waals surface area contributed by atoms with Gasteiger partial charge in [-0.05, 0) is 48.4 Å². The second kappa shape index (κ2) is 7.14. The molecule has 5 heteroatoms. The third-order valence-corrected chi connectivity index (χ3v) is 5.97. The van der Waals surface area contributed by atoms with Gasteiger partial charge in [-0.25, -0.2) is 4.98 Å². The minimum atomic E-state index is -0.103. The Balaban J connectivity index is 1.57. The van der Waals surface area contributed by atoms with Gasteiger partial charge in [0.15, 0.2) is 5.78 Å². The van der Waals surface area contributed by atoms with Crippen molar-refractivity contribution in [1.82, 2.24) is 14.9 Å². The fraction of sp³-hybridized carbons (Fsp3) is 0.167. The summed E-state index contributed by atoms with van der Waals surface area (Å²) in [5.74, 6) is -0.103. The van der Waals surface area contributed by atoms with Crippen molar-refractivity contribution in [2.75, 3.05) is 13.6 Å². The third kappa shape index (κ3) is 3.24. The minimum Gasteiger partial charge on any atom is -0.345 e. The lowest BCUT2D eigenvalue weighted by atomic mass is 9.94. The Morgan fingerprint density at radius 2 is 1.93 bits per heavy atom. The molecule has 0 saturated heterocycles. The van der Waals surface area contributed by atoms with Crippen LogP contribution < -0.4 is 0 Å². The number of pyridine rings is 1. The highest BCUT2D eigenvalue weighted by molar-refractivity contribution is 6.35. The number of hydrogen-bond donors (Lipinski definition) is 1. The molecule has 0 unspecified atom stereocenters. The Labute approximate surface area is 174 Å². The van der Waals surface area contributed by atoms with Gasteiger partial charge in [0.25, 0.3) is 0 Å². The van der Waals surface area contributed by atoms with Crippen LogP contribution in [0.5, 0.6) is 0 Å². The van der Waals surface area contributed by atoms with Gasteiger partial charge in [0.2, 0.25) is 0 Å². The van der Waals surface area contributed by atoms with Gasteiger partial charge in [0, 0.05) is 47.6 Å². The van der Waals surface area contributed by atoms with E-state index in [0.717, 1.165) is 36.0 Å². The molecule has 0 amide bonds. The zero-order valence-electron chi connectivity index (χ0n) is 16.1. The Hall–Kier alpha value is -2.95. The zero-order valence-corrected chi connectivity index (χ0v) is 16.8. The molecule has 1 aliphatic heterocycles. The summed E-state index contributed by atoms with van der Waals surface area (Å²) in [5.41, 5.74) is 6.69. The Morgan fingerprint density at radius 3 is 2.79 bits per heavy atom. The molecule has 2 aromatic carbocycles. The van der Waals surface area contributed by atoms with E-state index in [2.05, 4.69) is 40.1 Å². The fourth-order valence-electron chi connectivity index (χ4n) is 4.01. The molecule has 4 nitrogen and oxygen atoms in total. The number of H-pyrrole nitrogens is 1. The molecule has 0 saturated carbocycles. The van der Waals surface area contributed by atoms with E-state index >= 15 is 0 Å². The number of benzene rings is 2. The van der Waals surface area contributed by atoms with E-state index in [-0.39, 0.29) is 5.78 Å². The Bertz CT molecular complexity index is 1240. The van der Waals surface area contributed by atoms with Gasteiger partial charge in [-0.15, -0.1) is 0 Å². The van der Waals surface area contributed by atoms with Crippen molar-refractivity contribution in [1.29, 1.82) is 0 Å². The minimum absolute atomic E-state index is 0.103. The first-order valence-corrected chi connectivity index (χ1v) is 10.0. The maximum Gasteiger partial charge on any atom is 0.196 e. The number of fused-ring (bicyclic) bond motifs is 2. The molecule has 3 heterocycles. The summed E-state index contributed by atoms with van der Waals surface area (Å²) in [4.78, 5) is 23.1. The smallest absolute Gasteiger partial charge is 0.196 e. The summed E-state index contributed by atoms with van der Waals surface area (Å²) < 4.78 is 0. The number of aromatic nitrogens is 2. The van der Waals surface area contributed by atoms with Crippen molar-refractivity contribution in [2.45, 2.75) is 13.0 Å². The molecule has 5 rings (SSSR count). The van der Waals surface area contributed by atoms with Crippen molar-refractivity contribution in [2.24, 2.45) is 0 Å². The topological polar surface area (TPSA) is 49.0 Å². The van der Waals surface area contributed by atoms with Crippen LogP contribution in [0.4, 0.5) is 0 Å². The quantitative estimate of drug-likeness (QED) is 0.486. The molecular formula is C24H20ClN3O. The number of carbonyl (C=O) groups excluding carboxylic acids is 1. The molecule has 1 N–H and O–H groups in total. The first kappa shape index (κ1) is 18.1. The monoisotopic (exact) mass is 401 g/mol. The predicted octanol–water partition coefficient (Wildman–Crippen LogP) is 5.10. The average molecular weight is 402 g/mol. The number of nitrogens with one attached hydrogen (secondary N) is 1. The number of rotatable bonds is 3. The second-order valence-electron chi connectivity index (χ2n) is 7.60. The molecule has 2 aromatic heterocycles. The standard InChI is InChI=1S/C24H20ClN3O/c1-28-9-8-16-10-15(6-7-17(16)14-28)18-11-20-21(13-27-24(20)26-12-18)23(29)19-4-2-3-5-22(19)25/h2-7,10-13H,8-9,14H2,1H3,(H,26,27). The van der Waals surface area contributed by atoms with Crippen molar-refractivity contribution >= 4 is 28.4 Å². The Morgan fingerprint density at radius 1 is 1.07 bits per heavy atom. The number of likely N-dealkylation sites (N-methyl/N-ethyl adjacent to an activating group) is 1. The van der Waals surface area contributed by atoms with Crippen LogP contribution in [0.15, 0.2) is 60.9 Å². The highest BCUT2D eigenvalue weighted by Crippen LogP contribution is 2.30. The number of aromatic amines is 1. The van der Waals surface area contributed by atoms with Gasteiger partial charge < -0.3 is 9.88 Å². The summed E-state index contributed by atoms with van der Waals surface area (Å²) in [6.45, 7) is 2.06. The van der Waals surface area contributed by atoms with Gasteiger partial charge in [0.1, 0.15) is 5.65 Å². The van der Waals surface area contributed by atoms with Crippen molar-refractivity contribution < 1.29 is 4.79 Å². The van der Waals surface area contributed by atoms with E-state index in [0.29, 0.717) is 21.8 Å².